The summed E-state index contributed by atoms with van der Waals surface area (Å²) in [6.45, 7) is 2.11. The van der Waals surface area contributed by atoms with E-state index in [1.165, 1.54) is 0 Å². The number of hydrazine groups is 1. The predicted octanol–water partition coefficient (Wildman–Crippen LogP) is 1.18. The van der Waals surface area contributed by atoms with Crippen LogP contribution in [0.25, 0.3) is 0 Å². The van der Waals surface area contributed by atoms with Crippen molar-refractivity contribution in [3.63, 3.8) is 0 Å². The van der Waals surface area contributed by atoms with Gasteiger partial charge in [0.25, 0.3) is 0 Å². The topological polar surface area (TPSA) is 15.3 Å². The lowest BCUT2D eigenvalue weighted by Crippen LogP contribution is -2.34. The molecule has 0 aromatic carbocycles. The van der Waals surface area contributed by atoms with Crippen LogP contribution < -0.4 is 5.43 Å². The van der Waals surface area contributed by atoms with Gasteiger partial charge in [0.15, 0.2) is 0 Å². The van der Waals surface area contributed by atoms with E-state index >= 15 is 0 Å². The fraction of sp³-hybridized carbons (Fsp3) is 0.833. The quantitative estimate of drug-likeness (QED) is 0.475. The lowest BCUT2D eigenvalue weighted by molar-refractivity contribution is 0.362. The van der Waals surface area contributed by atoms with E-state index < -0.39 is 0 Å². The molecule has 0 radical (unpaired) electrons. The summed E-state index contributed by atoms with van der Waals surface area (Å²) in [4.78, 5) is 0.919. The zero-order chi connectivity index (χ0) is 7.28. The minimum atomic E-state index is 0.919. The van der Waals surface area contributed by atoms with Gasteiger partial charge < -0.3 is 5.43 Å². The van der Waals surface area contributed by atoms with Gasteiger partial charge in [0, 0.05) is 14.1 Å². The van der Waals surface area contributed by atoms with Crippen LogP contribution in [0.4, 0.5) is 0 Å². The Morgan fingerprint density at radius 1 is 1.56 bits per heavy atom. The van der Waals surface area contributed by atoms with Crippen molar-refractivity contribution in [1.82, 2.24) is 10.4 Å². The Balaban J connectivity index is 3.27. The smallest absolute Gasteiger partial charge is 0.0896 e. The molecule has 0 spiro atoms. The second-order valence-corrected chi connectivity index (χ2v) is 2.67. The maximum absolute atomic E-state index is 4.98. The van der Waals surface area contributed by atoms with Crippen molar-refractivity contribution in [2.75, 3.05) is 14.1 Å². The van der Waals surface area contributed by atoms with E-state index in [2.05, 4.69) is 12.3 Å². The molecule has 0 aromatic rings. The zero-order valence-corrected chi connectivity index (χ0v) is 7.09. The van der Waals surface area contributed by atoms with Crippen LogP contribution in [0.15, 0.2) is 0 Å². The minimum Gasteiger partial charge on any atom is -0.313 e. The van der Waals surface area contributed by atoms with Crippen LogP contribution in [0, 0.1) is 0 Å². The van der Waals surface area contributed by atoms with Crippen molar-refractivity contribution in [2.24, 2.45) is 0 Å². The number of hydrogen-bond acceptors (Lipinski definition) is 2. The highest BCUT2D eigenvalue weighted by molar-refractivity contribution is 7.80. The van der Waals surface area contributed by atoms with Crippen LogP contribution in [0.3, 0.4) is 0 Å². The molecule has 0 aliphatic carbocycles. The molecule has 0 saturated carbocycles. The number of nitrogens with one attached hydrogen (secondary N) is 1. The molecule has 3 heteroatoms. The average molecular weight is 146 g/mol. The number of nitrogens with zero attached hydrogens (tertiary/aromatic N) is 1. The SMILES string of the molecule is CCCC(=S)NN(C)C. The zero-order valence-electron chi connectivity index (χ0n) is 6.27. The Hall–Kier alpha value is -0.150. The van der Waals surface area contributed by atoms with Crippen LogP contribution >= 0.6 is 12.2 Å². The molecule has 0 amide bonds. The summed E-state index contributed by atoms with van der Waals surface area (Å²) in [5.41, 5.74) is 3.01. The lowest BCUT2D eigenvalue weighted by atomic mass is 10.3. The van der Waals surface area contributed by atoms with Gasteiger partial charge in [-0.1, -0.05) is 19.1 Å². The third-order valence-corrected chi connectivity index (χ3v) is 1.12. The van der Waals surface area contributed by atoms with Crippen molar-refractivity contribution < 1.29 is 0 Å². The molecule has 54 valence electrons. The van der Waals surface area contributed by atoms with E-state index in [4.69, 9.17) is 12.2 Å². The van der Waals surface area contributed by atoms with Gasteiger partial charge in [-0.15, -0.1) is 0 Å². The first-order chi connectivity index (χ1) is 4.16. The van der Waals surface area contributed by atoms with Crippen LogP contribution in [0.5, 0.6) is 0 Å². The molecule has 0 aliphatic rings. The van der Waals surface area contributed by atoms with E-state index in [1.54, 1.807) is 0 Å². The standard InChI is InChI=1S/C6H14N2S/c1-4-5-6(9)7-8(2)3/h4-5H2,1-3H3,(H,7,9). The third-order valence-electron chi connectivity index (χ3n) is 0.825. The Morgan fingerprint density at radius 3 is 2.44 bits per heavy atom. The fourth-order valence-corrected chi connectivity index (χ4v) is 0.919. The van der Waals surface area contributed by atoms with Gasteiger partial charge in [0.1, 0.15) is 0 Å². The highest BCUT2D eigenvalue weighted by Gasteiger charge is 1.92. The molecule has 0 rings (SSSR count). The van der Waals surface area contributed by atoms with Crippen molar-refractivity contribution in [3.8, 4) is 0 Å². The first-order valence-electron chi connectivity index (χ1n) is 3.13. The van der Waals surface area contributed by atoms with Crippen LogP contribution in [0.2, 0.25) is 0 Å². The maximum Gasteiger partial charge on any atom is 0.0896 e. The van der Waals surface area contributed by atoms with Gasteiger partial charge in [0.2, 0.25) is 0 Å². The first-order valence-corrected chi connectivity index (χ1v) is 3.54. The number of thiocarbonyl (C=S) groups is 1. The van der Waals surface area contributed by atoms with Gasteiger partial charge >= 0.3 is 0 Å². The van der Waals surface area contributed by atoms with Crippen molar-refractivity contribution in [2.45, 2.75) is 19.8 Å². The highest BCUT2D eigenvalue weighted by atomic mass is 32.1. The van der Waals surface area contributed by atoms with Gasteiger partial charge in [-0.25, -0.2) is 5.01 Å². The lowest BCUT2D eigenvalue weighted by Gasteiger charge is -2.12. The van der Waals surface area contributed by atoms with Gasteiger partial charge in [-0.05, 0) is 12.8 Å². The molecular formula is C6H14N2S. The van der Waals surface area contributed by atoms with E-state index in [0.717, 1.165) is 17.8 Å². The molecule has 1 N–H and O–H groups in total. The molecule has 0 unspecified atom stereocenters. The molecular weight excluding hydrogens is 132 g/mol. The van der Waals surface area contributed by atoms with E-state index in [-0.39, 0.29) is 0 Å². The molecule has 9 heavy (non-hydrogen) atoms. The summed E-state index contributed by atoms with van der Waals surface area (Å²) in [7, 11) is 3.86. The molecule has 0 heterocycles. The predicted molar refractivity (Wildman–Crippen MR) is 44.3 cm³/mol. The largest absolute Gasteiger partial charge is 0.313 e. The first kappa shape index (κ1) is 8.85. The van der Waals surface area contributed by atoms with Crippen LogP contribution in [0.1, 0.15) is 19.8 Å². The van der Waals surface area contributed by atoms with Gasteiger partial charge in [-0.3, -0.25) is 0 Å². The minimum absolute atomic E-state index is 0.919. The van der Waals surface area contributed by atoms with E-state index in [1.807, 2.05) is 19.1 Å². The molecule has 0 bridgehead atoms. The summed E-state index contributed by atoms with van der Waals surface area (Å²) in [6, 6.07) is 0. The Labute approximate surface area is 62.2 Å². The van der Waals surface area contributed by atoms with E-state index in [0.29, 0.717) is 0 Å². The average Bonchev–Trinajstić information content (AvgIpc) is 1.63. The number of hydrogen-bond donors (Lipinski definition) is 1. The molecule has 0 saturated heterocycles. The molecule has 0 aliphatic heterocycles. The Morgan fingerprint density at radius 2 is 2.11 bits per heavy atom. The molecule has 0 atom stereocenters. The number of rotatable bonds is 3. The highest BCUT2D eigenvalue weighted by Crippen LogP contribution is 1.87. The van der Waals surface area contributed by atoms with Crippen LogP contribution in [-0.4, -0.2) is 24.1 Å². The summed E-state index contributed by atoms with van der Waals surface area (Å²) >= 11 is 4.98. The summed E-state index contributed by atoms with van der Waals surface area (Å²) < 4.78 is 0. The Kier molecular flexibility index (Phi) is 4.62. The summed E-state index contributed by atoms with van der Waals surface area (Å²) in [5, 5.41) is 1.86. The second-order valence-electron chi connectivity index (χ2n) is 2.18. The third kappa shape index (κ3) is 5.73. The molecule has 2 nitrogen and oxygen atoms in total. The maximum atomic E-state index is 4.98. The van der Waals surface area contributed by atoms with E-state index in [9.17, 15) is 0 Å². The van der Waals surface area contributed by atoms with Gasteiger partial charge in [0.05, 0.1) is 4.99 Å². The van der Waals surface area contributed by atoms with Crippen molar-refractivity contribution in [3.05, 3.63) is 0 Å². The summed E-state index contributed by atoms with van der Waals surface area (Å²) in [5.74, 6) is 0. The van der Waals surface area contributed by atoms with Crippen LogP contribution in [-0.2, 0) is 0 Å². The van der Waals surface area contributed by atoms with Crippen molar-refractivity contribution >= 4 is 17.2 Å². The monoisotopic (exact) mass is 146 g/mol. The van der Waals surface area contributed by atoms with Gasteiger partial charge in [-0.2, -0.15) is 0 Å². The van der Waals surface area contributed by atoms with Crippen molar-refractivity contribution in [1.29, 1.82) is 0 Å². The molecule has 0 aromatic heterocycles. The summed E-state index contributed by atoms with van der Waals surface area (Å²) in [6.07, 6.45) is 2.09. The Bertz CT molecular complexity index is 91.1. The fourth-order valence-electron chi connectivity index (χ4n) is 0.532. The molecule has 0 fully saturated rings. The second kappa shape index (κ2) is 4.70. The normalized spacial score (nSPS) is 9.78.